The first kappa shape index (κ1) is 75.2. The van der Waals surface area contributed by atoms with Gasteiger partial charge in [-0.05, 0) is 396 Å². The van der Waals surface area contributed by atoms with Gasteiger partial charge in [0.05, 0.1) is 0 Å². The van der Waals surface area contributed by atoms with Gasteiger partial charge in [-0.1, -0.05) is 231 Å². The van der Waals surface area contributed by atoms with E-state index in [0.717, 1.165) is 93.3 Å². The Hall–Kier alpha value is -12.8. The summed E-state index contributed by atoms with van der Waals surface area (Å²) in [6, 6.07) is 139. The maximum absolute atomic E-state index is 6.21. The molecule has 18 aromatic rings. The second-order valence-corrected chi connectivity index (χ2v) is 42.1. The fourth-order valence-electron chi connectivity index (χ4n) is 30.8. The highest BCUT2D eigenvalue weighted by Gasteiger charge is 2.65. The molecule has 15 aliphatic carbocycles. The van der Waals surface area contributed by atoms with Gasteiger partial charge in [0.2, 0.25) is 0 Å². The third kappa shape index (κ3) is 11.3. The van der Waals surface area contributed by atoms with Crippen molar-refractivity contribution >= 4 is 115 Å². The summed E-state index contributed by atoms with van der Waals surface area (Å²) in [6.07, 6.45) is 21.3. The van der Waals surface area contributed by atoms with Gasteiger partial charge in [-0.3, -0.25) is 0 Å². The molecule has 12 bridgehead atoms. The van der Waals surface area contributed by atoms with Crippen molar-refractivity contribution in [3.05, 3.63) is 403 Å². The normalized spacial score (nSPS) is 26.2. The molecule has 3 spiro atoms. The van der Waals surface area contributed by atoms with E-state index in [1.165, 1.54) is 223 Å². The third-order valence-corrected chi connectivity index (χ3v) is 36.0. The molecular weight excluding hydrogens is 1580 g/mol. The number of hydrogen-bond donors (Lipinski definition) is 0. The van der Waals surface area contributed by atoms with Crippen molar-refractivity contribution in [3.8, 4) is 44.5 Å². The summed E-state index contributed by atoms with van der Waals surface area (Å²) in [7, 11) is 0. The maximum Gasteiger partial charge on any atom is 0.135 e. The molecule has 2 aromatic heterocycles. The first-order valence-corrected chi connectivity index (χ1v) is 49.3. The Bertz CT molecular complexity index is 7140. The molecule has 129 heavy (non-hydrogen) atoms. The molecule has 12 fully saturated rings. The van der Waals surface area contributed by atoms with E-state index in [9.17, 15) is 0 Å². The van der Waals surface area contributed by atoms with Crippen LogP contribution in [0.5, 0.6) is 0 Å². The van der Waals surface area contributed by atoms with E-state index < -0.39 is 0 Å². The van der Waals surface area contributed by atoms with Crippen LogP contribution in [0.15, 0.2) is 374 Å². The van der Waals surface area contributed by atoms with Crippen molar-refractivity contribution in [1.29, 1.82) is 0 Å². The number of nitrogens with zero attached hydrogens (tertiary/aromatic N) is 3. The predicted molar refractivity (Wildman–Crippen MR) is 536 cm³/mol. The van der Waals surface area contributed by atoms with Gasteiger partial charge in [-0.2, -0.15) is 0 Å². The number of rotatable bonds is 10. The number of thiophene rings is 1. The van der Waals surface area contributed by atoms with Gasteiger partial charge in [-0.15, -0.1) is 11.3 Å². The van der Waals surface area contributed by atoms with Crippen LogP contribution in [0, 0.1) is 71.0 Å². The van der Waals surface area contributed by atoms with Crippen molar-refractivity contribution < 1.29 is 4.42 Å². The summed E-state index contributed by atoms with van der Waals surface area (Å²) in [4.78, 5) is 7.42. The SMILES string of the molecule is c1ccc(N(c2ccc(-c3ccc4ccccc4c3)cc2)c2ccc3c(c2)C2(c4ccccc4-3)C3CC4CC(C3)CC2C4)cc1.c1ccc(N(c2ccc3c(c2)C2(c4ccccc4-3)C3CC4CC(C3)CC2C4)c2ccc3oc4ccccc4c3c2)cc1.c1ccc(N(c2ccc3c(c2)C2(c4ccccc4-3)C3CC4CC(C3)CC2C4)c2ccc3sc4ccccc4c3c2)cc1. The summed E-state index contributed by atoms with van der Waals surface area (Å²) in [5.41, 5.74) is 34.4. The van der Waals surface area contributed by atoms with Crippen molar-refractivity contribution in [2.75, 3.05) is 14.7 Å². The molecule has 0 N–H and O–H groups in total. The molecule has 33 rings (SSSR count). The lowest BCUT2D eigenvalue weighted by Gasteiger charge is -2.61. The van der Waals surface area contributed by atoms with Gasteiger partial charge in [0.1, 0.15) is 11.2 Å². The second-order valence-electron chi connectivity index (χ2n) is 41.0. The Morgan fingerprint density at radius 3 is 0.984 bits per heavy atom. The van der Waals surface area contributed by atoms with E-state index in [0.29, 0.717) is 0 Å². The molecule has 0 radical (unpaired) electrons. The number of hydrogen-bond acceptors (Lipinski definition) is 5. The van der Waals surface area contributed by atoms with E-state index in [1.807, 2.05) is 17.4 Å². The summed E-state index contributed by atoms with van der Waals surface area (Å²) in [5, 5.41) is 7.59. The average molecular weight is 1680 g/mol. The molecular formula is C124H103N3OS. The maximum atomic E-state index is 6.21. The van der Waals surface area contributed by atoms with Gasteiger partial charge in [0.25, 0.3) is 0 Å². The Labute approximate surface area is 760 Å². The summed E-state index contributed by atoms with van der Waals surface area (Å²) in [6.45, 7) is 0. The minimum atomic E-state index is 0.155. The minimum Gasteiger partial charge on any atom is -0.456 e. The Kier molecular flexibility index (Phi) is 17.0. The van der Waals surface area contributed by atoms with Crippen LogP contribution in [0.4, 0.5) is 51.2 Å². The Morgan fingerprint density at radius 1 is 0.202 bits per heavy atom. The monoisotopic (exact) mass is 1680 g/mol. The van der Waals surface area contributed by atoms with Gasteiger partial charge in [0.15, 0.2) is 0 Å². The molecule has 12 saturated carbocycles. The van der Waals surface area contributed by atoms with Gasteiger partial charge in [-0.25, -0.2) is 0 Å². The van der Waals surface area contributed by atoms with Crippen molar-refractivity contribution in [3.63, 3.8) is 0 Å². The lowest BCUT2D eigenvalue weighted by atomic mass is 9.43. The first-order valence-electron chi connectivity index (χ1n) is 48.5. The number of furan rings is 1. The van der Waals surface area contributed by atoms with Crippen LogP contribution in [0.1, 0.15) is 130 Å². The zero-order chi connectivity index (χ0) is 84.4. The van der Waals surface area contributed by atoms with Crippen molar-refractivity contribution in [2.45, 2.75) is 113 Å². The van der Waals surface area contributed by atoms with Gasteiger partial charge < -0.3 is 19.1 Å². The first-order chi connectivity index (χ1) is 63.8. The molecule has 0 saturated heterocycles. The molecule has 0 unspecified atom stereocenters. The number of fused-ring (bicyclic) bond motifs is 16. The fourth-order valence-corrected chi connectivity index (χ4v) is 31.9. The number of para-hydroxylation sites is 4. The van der Waals surface area contributed by atoms with E-state index in [-0.39, 0.29) is 16.2 Å². The quantitative estimate of drug-likeness (QED) is 0.136. The molecule has 0 amide bonds. The predicted octanol–water partition coefficient (Wildman–Crippen LogP) is 33.7. The lowest BCUT2D eigenvalue weighted by Crippen LogP contribution is -2.55. The summed E-state index contributed by atoms with van der Waals surface area (Å²) >= 11 is 1.89. The van der Waals surface area contributed by atoms with E-state index in [1.54, 1.807) is 33.4 Å². The molecule has 626 valence electrons. The Morgan fingerprint density at radius 2 is 0.519 bits per heavy atom. The van der Waals surface area contributed by atoms with Gasteiger partial charge in [0, 0.05) is 98.4 Å². The number of benzene rings is 16. The largest absolute Gasteiger partial charge is 0.456 e. The molecule has 0 atom stereocenters. The molecule has 5 heteroatoms. The minimum absolute atomic E-state index is 0.155. The van der Waals surface area contributed by atoms with Crippen LogP contribution in [-0.2, 0) is 16.2 Å². The Balaban J connectivity index is 0.0000000976. The highest BCUT2D eigenvalue weighted by molar-refractivity contribution is 7.25. The second kappa shape index (κ2) is 29.1. The molecule has 2 heterocycles. The zero-order valence-electron chi connectivity index (χ0n) is 72.9. The summed E-state index contributed by atoms with van der Waals surface area (Å²) < 4.78 is 8.91. The molecule has 0 aliphatic heterocycles. The van der Waals surface area contributed by atoms with Crippen LogP contribution < -0.4 is 14.7 Å². The molecule has 4 nitrogen and oxygen atoms in total. The third-order valence-electron chi connectivity index (χ3n) is 34.9. The van der Waals surface area contributed by atoms with E-state index >= 15 is 0 Å². The molecule has 16 aromatic carbocycles. The number of anilines is 9. The van der Waals surface area contributed by atoms with Crippen molar-refractivity contribution in [1.82, 2.24) is 0 Å². The smallest absolute Gasteiger partial charge is 0.135 e. The highest BCUT2D eigenvalue weighted by Crippen LogP contribution is 2.74. The van der Waals surface area contributed by atoms with Crippen LogP contribution in [0.3, 0.4) is 0 Å². The van der Waals surface area contributed by atoms with Crippen molar-refractivity contribution in [2.24, 2.45) is 71.0 Å². The van der Waals surface area contributed by atoms with Gasteiger partial charge >= 0.3 is 0 Å². The van der Waals surface area contributed by atoms with E-state index in [2.05, 4.69) is 379 Å². The van der Waals surface area contributed by atoms with Crippen LogP contribution in [-0.4, -0.2) is 0 Å². The standard InChI is InChI=1S/C44H37N.C40H33NO.C40H33NS/c1-2-10-37(11-3-1)45(38-18-16-32(17-19-38)34-15-14-31-8-4-5-9-33(31)27-34)39-20-21-41-40-12-6-7-13-42(40)44(43(41)28-39)35-23-29-22-30(25-35)26-36(44)24-29;2*1-2-8-29(9-3-1)41(30-15-17-39-35(23-30)34-11-5-7-13-38(34)42-39)31-14-16-33-32-10-4-6-12-36(32)40(37(33)24-31)27-19-25-18-26(21-27)22-28(40)20-25/h1-21,27-30,35-36H,22-26H2;2*1-17,23-28H,18-22H2. The average Bonchev–Trinajstić information content (AvgIpc) is 1.52. The van der Waals surface area contributed by atoms with Crippen LogP contribution in [0.25, 0.3) is 97.4 Å². The zero-order valence-corrected chi connectivity index (χ0v) is 73.7. The highest BCUT2D eigenvalue weighted by atomic mass is 32.1. The van der Waals surface area contributed by atoms with E-state index in [4.69, 9.17) is 4.42 Å². The summed E-state index contributed by atoms with van der Waals surface area (Å²) in [5.74, 6) is 10.2. The topological polar surface area (TPSA) is 22.9 Å². The lowest BCUT2D eigenvalue weighted by molar-refractivity contribution is -0.0399. The molecule has 15 aliphatic rings. The van der Waals surface area contributed by atoms with Crippen LogP contribution >= 0.6 is 11.3 Å². The van der Waals surface area contributed by atoms with Crippen LogP contribution in [0.2, 0.25) is 0 Å². The fraction of sp³-hybridized carbons (Fsp3) is 0.242.